The molecule has 6 nitrogen and oxygen atoms in total. The lowest BCUT2D eigenvalue weighted by molar-refractivity contribution is -0.00579. The predicted molar refractivity (Wildman–Crippen MR) is 106 cm³/mol. The van der Waals surface area contributed by atoms with Crippen LogP contribution in [0.15, 0.2) is 36.7 Å². The van der Waals surface area contributed by atoms with E-state index in [0.29, 0.717) is 0 Å². The lowest BCUT2D eigenvalue weighted by Gasteiger charge is -2.41. The summed E-state index contributed by atoms with van der Waals surface area (Å²) in [7, 11) is 1.97. The van der Waals surface area contributed by atoms with Gasteiger partial charge in [0.15, 0.2) is 0 Å². The molecule has 2 aromatic heterocycles. The molecule has 1 atom stereocenters. The smallest absolute Gasteiger partial charge is 0.410 e. The second-order valence-electron chi connectivity index (χ2n) is 7.83. The van der Waals surface area contributed by atoms with E-state index in [0.717, 1.165) is 36.6 Å². The molecule has 0 N–H and O–H groups in total. The monoisotopic (exact) mass is 368 g/mol. The van der Waals surface area contributed by atoms with Crippen molar-refractivity contribution >= 4 is 17.7 Å². The number of pyridine rings is 2. The molecule has 1 amide bonds. The van der Waals surface area contributed by atoms with E-state index >= 15 is 0 Å². The van der Waals surface area contributed by atoms with E-state index in [1.165, 1.54) is 5.56 Å². The van der Waals surface area contributed by atoms with Crippen LogP contribution in [-0.4, -0.2) is 40.2 Å². The number of hydrogen-bond donors (Lipinski definition) is 0. The summed E-state index contributed by atoms with van der Waals surface area (Å²) in [6.07, 6.45) is 5.23. The van der Waals surface area contributed by atoms with Crippen LogP contribution in [0.1, 0.15) is 51.3 Å². The number of carbonyl (C=O) groups is 1. The highest BCUT2D eigenvalue weighted by atomic mass is 16.6. The summed E-state index contributed by atoms with van der Waals surface area (Å²) in [4.78, 5) is 25.2. The van der Waals surface area contributed by atoms with Crippen molar-refractivity contribution in [2.45, 2.75) is 52.2 Å². The summed E-state index contributed by atoms with van der Waals surface area (Å²) in [5.41, 5.74) is 1.73. The molecule has 0 saturated carbocycles. The third kappa shape index (κ3) is 4.21. The number of rotatable bonds is 4. The van der Waals surface area contributed by atoms with Crippen molar-refractivity contribution in [3.63, 3.8) is 0 Å². The second-order valence-corrected chi connectivity index (χ2v) is 7.83. The van der Waals surface area contributed by atoms with Gasteiger partial charge in [0, 0.05) is 26.0 Å². The summed E-state index contributed by atoms with van der Waals surface area (Å²) >= 11 is 0. The summed E-state index contributed by atoms with van der Waals surface area (Å²) in [6.45, 7) is 8.48. The van der Waals surface area contributed by atoms with Crippen LogP contribution in [-0.2, 0) is 11.2 Å². The minimum atomic E-state index is -0.484. The molecule has 144 valence electrons. The molecule has 1 aliphatic rings. The molecule has 3 heterocycles. The fourth-order valence-electron chi connectivity index (χ4n) is 3.18. The third-order valence-corrected chi connectivity index (χ3v) is 4.71. The first-order valence-electron chi connectivity index (χ1n) is 9.43. The Morgan fingerprint density at radius 1 is 1.30 bits per heavy atom. The average Bonchev–Trinajstić information content (AvgIpc) is 2.59. The van der Waals surface area contributed by atoms with Gasteiger partial charge in [0.2, 0.25) is 0 Å². The Hall–Kier alpha value is -2.63. The van der Waals surface area contributed by atoms with Gasteiger partial charge in [0.05, 0.1) is 6.04 Å². The normalized spacial score (nSPS) is 16.6. The predicted octanol–water partition coefficient (Wildman–Crippen LogP) is 4.49. The van der Waals surface area contributed by atoms with Crippen LogP contribution in [0, 0.1) is 0 Å². The van der Waals surface area contributed by atoms with Crippen molar-refractivity contribution in [1.82, 2.24) is 14.9 Å². The van der Waals surface area contributed by atoms with Gasteiger partial charge in [-0.15, -0.1) is 0 Å². The first-order valence-corrected chi connectivity index (χ1v) is 9.43. The highest BCUT2D eigenvalue weighted by molar-refractivity contribution is 5.70. The van der Waals surface area contributed by atoms with E-state index in [4.69, 9.17) is 4.74 Å². The van der Waals surface area contributed by atoms with Crippen LogP contribution in [0.3, 0.4) is 0 Å². The highest BCUT2D eigenvalue weighted by Crippen LogP contribution is 2.35. The minimum absolute atomic E-state index is 0.0350. The zero-order valence-corrected chi connectivity index (χ0v) is 16.8. The summed E-state index contributed by atoms with van der Waals surface area (Å²) in [6, 6.07) is 8.09. The molecular weight excluding hydrogens is 340 g/mol. The molecule has 1 fully saturated rings. The van der Waals surface area contributed by atoms with Crippen molar-refractivity contribution in [3.05, 3.63) is 47.8 Å². The van der Waals surface area contributed by atoms with Crippen LogP contribution in [0.5, 0.6) is 0 Å². The number of ether oxygens (including phenoxy) is 1. The average molecular weight is 368 g/mol. The fourth-order valence-corrected chi connectivity index (χ4v) is 3.18. The molecule has 2 aromatic rings. The van der Waals surface area contributed by atoms with Gasteiger partial charge < -0.3 is 14.5 Å². The molecule has 0 spiro atoms. The van der Waals surface area contributed by atoms with Gasteiger partial charge in [-0.05, 0) is 56.9 Å². The van der Waals surface area contributed by atoms with Crippen LogP contribution in [0.4, 0.5) is 16.4 Å². The lowest BCUT2D eigenvalue weighted by atomic mass is 9.97. The zero-order valence-electron chi connectivity index (χ0n) is 16.8. The molecule has 0 bridgehead atoms. The standard InChI is InChI=1S/C21H28N4O2/c1-6-15-8-7-12-22-19(15)24(5)18-10-9-16(14-23-18)17-11-13-25(17)20(26)27-21(2,3)4/h7-10,12,14,17H,6,11,13H2,1-5H3. The number of aryl methyl sites for hydroxylation is 1. The van der Waals surface area contributed by atoms with Crippen molar-refractivity contribution in [1.29, 1.82) is 0 Å². The van der Waals surface area contributed by atoms with Gasteiger partial charge in [-0.25, -0.2) is 14.8 Å². The minimum Gasteiger partial charge on any atom is -0.444 e. The number of likely N-dealkylation sites (tertiary alicyclic amines) is 1. The number of nitrogens with zero attached hydrogens (tertiary/aromatic N) is 4. The quantitative estimate of drug-likeness (QED) is 0.796. The Morgan fingerprint density at radius 2 is 2.07 bits per heavy atom. The van der Waals surface area contributed by atoms with Crippen LogP contribution >= 0.6 is 0 Å². The van der Waals surface area contributed by atoms with Gasteiger partial charge in [-0.2, -0.15) is 0 Å². The van der Waals surface area contributed by atoms with Crippen LogP contribution in [0.2, 0.25) is 0 Å². The van der Waals surface area contributed by atoms with Crippen molar-refractivity contribution < 1.29 is 9.53 Å². The molecule has 0 aliphatic carbocycles. The third-order valence-electron chi connectivity index (χ3n) is 4.71. The van der Waals surface area contributed by atoms with Crippen LogP contribution < -0.4 is 4.90 Å². The van der Waals surface area contributed by atoms with Gasteiger partial charge in [-0.1, -0.05) is 19.1 Å². The molecule has 1 saturated heterocycles. The number of aromatic nitrogens is 2. The van der Waals surface area contributed by atoms with Gasteiger partial charge in [-0.3, -0.25) is 0 Å². The van der Waals surface area contributed by atoms with E-state index in [9.17, 15) is 4.79 Å². The maximum atomic E-state index is 12.3. The second kappa shape index (κ2) is 7.55. The lowest BCUT2D eigenvalue weighted by Crippen LogP contribution is -2.47. The SMILES string of the molecule is CCc1cccnc1N(C)c1ccc(C2CCN2C(=O)OC(C)(C)C)cn1. The molecule has 6 heteroatoms. The zero-order chi connectivity index (χ0) is 19.6. The van der Waals surface area contributed by atoms with E-state index < -0.39 is 5.60 Å². The number of hydrogen-bond acceptors (Lipinski definition) is 5. The van der Waals surface area contributed by atoms with Crippen molar-refractivity contribution in [3.8, 4) is 0 Å². The first-order chi connectivity index (χ1) is 12.8. The maximum Gasteiger partial charge on any atom is 0.410 e. The van der Waals surface area contributed by atoms with Gasteiger partial charge in [0.25, 0.3) is 0 Å². The summed E-state index contributed by atoms with van der Waals surface area (Å²) in [5.74, 6) is 1.74. The van der Waals surface area contributed by atoms with E-state index in [-0.39, 0.29) is 12.1 Å². The number of anilines is 2. The van der Waals surface area contributed by atoms with E-state index in [1.807, 2.05) is 57.1 Å². The Kier molecular flexibility index (Phi) is 5.35. The van der Waals surface area contributed by atoms with Gasteiger partial charge >= 0.3 is 6.09 Å². The Bertz CT molecular complexity index is 799. The summed E-state index contributed by atoms with van der Waals surface area (Å²) in [5, 5.41) is 0. The molecule has 0 aromatic carbocycles. The van der Waals surface area contributed by atoms with Gasteiger partial charge in [0.1, 0.15) is 17.2 Å². The summed E-state index contributed by atoms with van der Waals surface area (Å²) < 4.78 is 5.49. The van der Waals surface area contributed by atoms with Crippen molar-refractivity contribution in [2.24, 2.45) is 0 Å². The first kappa shape index (κ1) is 19.1. The Labute approximate surface area is 161 Å². The maximum absolute atomic E-state index is 12.3. The molecule has 27 heavy (non-hydrogen) atoms. The molecule has 0 radical (unpaired) electrons. The molecule has 1 unspecified atom stereocenters. The number of carbonyl (C=O) groups excluding carboxylic acids is 1. The largest absolute Gasteiger partial charge is 0.444 e. The Balaban J connectivity index is 1.73. The highest BCUT2D eigenvalue weighted by Gasteiger charge is 2.36. The topological polar surface area (TPSA) is 58.6 Å². The van der Waals surface area contributed by atoms with Crippen molar-refractivity contribution in [2.75, 3.05) is 18.5 Å². The van der Waals surface area contributed by atoms with E-state index in [2.05, 4.69) is 23.0 Å². The molecule has 3 rings (SSSR count). The van der Waals surface area contributed by atoms with E-state index in [1.54, 1.807) is 11.1 Å². The Morgan fingerprint density at radius 3 is 2.63 bits per heavy atom. The number of amides is 1. The fraction of sp³-hybridized carbons (Fsp3) is 0.476. The molecule has 1 aliphatic heterocycles. The van der Waals surface area contributed by atoms with Crippen LogP contribution in [0.25, 0.3) is 0 Å². The molecular formula is C21H28N4O2.